The van der Waals surface area contributed by atoms with E-state index >= 15 is 0 Å². The molecule has 3 nitrogen and oxygen atoms in total. The Balaban J connectivity index is 0.00000289. The fourth-order valence-electron chi connectivity index (χ4n) is 1.42. The van der Waals surface area contributed by atoms with Crippen LogP contribution < -0.4 is 11.1 Å². The zero-order valence-corrected chi connectivity index (χ0v) is 12.5. The summed E-state index contributed by atoms with van der Waals surface area (Å²) in [4.78, 5) is -0.589. The van der Waals surface area contributed by atoms with Crippen molar-refractivity contribution in [2.75, 3.05) is 6.54 Å². The van der Waals surface area contributed by atoms with E-state index in [0.29, 0.717) is 13.1 Å². The highest BCUT2D eigenvalue weighted by atomic mass is 35.5. The fraction of sp³-hybridized carbons (Fsp3) is 0.500. The van der Waals surface area contributed by atoms with Gasteiger partial charge in [-0.3, -0.25) is 0 Å². The summed E-state index contributed by atoms with van der Waals surface area (Å²) >= 11 is 11.8. The van der Waals surface area contributed by atoms with Crippen LogP contribution in [0.4, 0.5) is 0 Å². The van der Waals surface area contributed by atoms with Crippen LogP contribution in [0, 0.1) is 0 Å². The number of aliphatic hydroxyl groups excluding tert-OH is 1. The second kappa shape index (κ2) is 8.20. The average molecular weight is 314 g/mol. The van der Waals surface area contributed by atoms with Gasteiger partial charge in [-0.05, 0) is 18.1 Å². The van der Waals surface area contributed by atoms with Crippen molar-refractivity contribution in [3.8, 4) is 0 Å². The van der Waals surface area contributed by atoms with Crippen LogP contribution >= 0.6 is 35.6 Å². The van der Waals surface area contributed by atoms with E-state index in [1.54, 1.807) is 0 Å². The van der Waals surface area contributed by atoms with Gasteiger partial charge < -0.3 is 16.2 Å². The second-order valence-corrected chi connectivity index (χ2v) is 5.30. The van der Waals surface area contributed by atoms with Crippen molar-refractivity contribution in [1.29, 1.82) is 0 Å². The van der Waals surface area contributed by atoms with Gasteiger partial charge in [0.15, 0.2) is 0 Å². The first-order chi connectivity index (χ1) is 8.03. The number of halogens is 3. The summed E-state index contributed by atoms with van der Waals surface area (Å²) in [6, 6.07) is 7.65. The van der Waals surface area contributed by atoms with Crippen molar-refractivity contribution in [1.82, 2.24) is 5.32 Å². The largest absolute Gasteiger partial charge is 0.392 e. The minimum Gasteiger partial charge on any atom is -0.392 e. The monoisotopic (exact) mass is 312 g/mol. The van der Waals surface area contributed by atoms with Gasteiger partial charge in [-0.15, -0.1) is 35.6 Å². The van der Waals surface area contributed by atoms with Crippen LogP contribution in [-0.4, -0.2) is 22.0 Å². The maximum atomic E-state index is 9.21. The quantitative estimate of drug-likeness (QED) is 0.706. The van der Waals surface area contributed by atoms with Crippen LogP contribution in [-0.2, 0) is 13.2 Å². The van der Waals surface area contributed by atoms with Crippen molar-refractivity contribution in [3.63, 3.8) is 0 Å². The molecule has 1 aromatic carbocycles. The Morgan fingerprint density at radius 3 is 2.33 bits per heavy atom. The van der Waals surface area contributed by atoms with E-state index in [1.165, 1.54) is 0 Å². The van der Waals surface area contributed by atoms with E-state index < -0.39 is 10.4 Å². The zero-order valence-electron chi connectivity index (χ0n) is 10.2. The van der Waals surface area contributed by atoms with Crippen molar-refractivity contribution >= 4 is 35.6 Å². The fourth-order valence-corrected chi connectivity index (χ4v) is 1.75. The predicted molar refractivity (Wildman–Crippen MR) is 79.4 cm³/mol. The molecule has 0 bridgehead atoms. The third-order valence-electron chi connectivity index (χ3n) is 2.88. The van der Waals surface area contributed by atoms with Crippen molar-refractivity contribution in [2.45, 2.75) is 30.5 Å². The minimum atomic E-state index is -0.589. The molecular weight excluding hydrogens is 295 g/mol. The molecule has 1 unspecified atom stereocenters. The smallest absolute Gasteiger partial charge is 0.126 e. The molecule has 0 amide bonds. The summed E-state index contributed by atoms with van der Waals surface area (Å²) < 4.78 is 0. The van der Waals surface area contributed by atoms with Gasteiger partial charge in [-0.2, -0.15) is 0 Å². The topological polar surface area (TPSA) is 58.3 Å². The zero-order chi connectivity index (χ0) is 12.9. The molecule has 18 heavy (non-hydrogen) atoms. The molecule has 0 saturated carbocycles. The third kappa shape index (κ3) is 4.57. The number of nitrogens with one attached hydrogen (secondary N) is 1. The Labute approximate surface area is 124 Å². The first kappa shape index (κ1) is 18.0. The number of benzene rings is 1. The minimum absolute atomic E-state index is 0. The van der Waals surface area contributed by atoms with Crippen molar-refractivity contribution < 1.29 is 5.11 Å². The Morgan fingerprint density at radius 1 is 1.33 bits per heavy atom. The lowest BCUT2D eigenvalue weighted by atomic mass is 10.0. The lowest BCUT2D eigenvalue weighted by Gasteiger charge is -2.31. The molecule has 0 aromatic heterocycles. The molecule has 0 aliphatic rings. The summed E-state index contributed by atoms with van der Waals surface area (Å²) in [5.74, 6) is 0. The SMILES string of the molecule is CC(CN)(NCc1ccccc1CO)C(Cl)Cl.Cl. The molecule has 0 heterocycles. The number of rotatable bonds is 6. The highest BCUT2D eigenvalue weighted by Gasteiger charge is 2.29. The molecule has 0 aliphatic heterocycles. The van der Waals surface area contributed by atoms with Crippen LogP contribution in [0.3, 0.4) is 0 Å². The second-order valence-electron chi connectivity index (χ2n) is 4.20. The summed E-state index contributed by atoms with van der Waals surface area (Å²) in [6.45, 7) is 2.80. The number of aliphatic hydroxyl groups is 1. The van der Waals surface area contributed by atoms with Gasteiger partial charge in [0.25, 0.3) is 0 Å². The maximum absolute atomic E-state index is 9.21. The Morgan fingerprint density at radius 2 is 1.89 bits per heavy atom. The molecule has 0 fully saturated rings. The van der Waals surface area contributed by atoms with Crippen LogP contribution in [0.25, 0.3) is 0 Å². The van der Waals surface area contributed by atoms with Gasteiger partial charge in [-0.25, -0.2) is 0 Å². The predicted octanol–water partition coefficient (Wildman–Crippen LogP) is 2.21. The standard InChI is InChI=1S/C12H18Cl2N2O.ClH/c1-12(8-15,11(13)14)16-6-9-4-2-3-5-10(9)7-17;/h2-5,11,16-17H,6-8,15H2,1H3;1H. The molecule has 0 saturated heterocycles. The molecule has 0 spiro atoms. The molecule has 6 heteroatoms. The molecular formula is C12H19Cl3N2O. The Kier molecular flexibility index (Phi) is 8.19. The summed E-state index contributed by atoms with van der Waals surface area (Å²) in [6.07, 6.45) is 0. The van der Waals surface area contributed by atoms with E-state index in [2.05, 4.69) is 5.32 Å². The first-order valence-corrected chi connectivity index (χ1v) is 6.31. The molecule has 0 aliphatic carbocycles. The molecule has 4 N–H and O–H groups in total. The summed E-state index contributed by atoms with van der Waals surface area (Å²) in [7, 11) is 0. The Bertz CT molecular complexity index is 363. The summed E-state index contributed by atoms with van der Waals surface area (Å²) in [5.41, 5.74) is 7.03. The third-order valence-corrected chi connectivity index (χ3v) is 3.84. The van der Waals surface area contributed by atoms with Gasteiger partial charge in [0.2, 0.25) is 0 Å². The van der Waals surface area contributed by atoms with Gasteiger partial charge in [0.1, 0.15) is 4.84 Å². The van der Waals surface area contributed by atoms with E-state index in [0.717, 1.165) is 11.1 Å². The van der Waals surface area contributed by atoms with Gasteiger partial charge in [0, 0.05) is 13.1 Å². The van der Waals surface area contributed by atoms with E-state index in [1.807, 2.05) is 31.2 Å². The molecule has 0 radical (unpaired) electrons. The summed E-state index contributed by atoms with van der Waals surface area (Å²) in [5, 5.41) is 12.4. The lowest BCUT2D eigenvalue weighted by molar-refractivity contribution is 0.279. The first-order valence-electron chi connectivity index (χ1n) is 5.44. The van der Waals surface area contributed by atoms with E-state index in [4.69, 9.17) is 28.9 Å². The van der Waals surface area contributed by atoms with Crippen LogP contribution in [0.2, 0.25) is 0 Å². The molecule has 1 rings (SSSR count). The van der Waals surface area contributed by atoms with E-state index in [-0.39, 0.29) is 19.0 Å². The Hall–Kier alpha value is -0.0300. The van der Waals surface area contributed by atoms with Gasteiger partial charge in [-0.1, -0.05) is 24.3 Å². The highest BCUT2D eigenvalue weighted by Crippen LogP contribution is 2.20. The molecule has 1 aromatic rings. The highest BCUT2D eigenvalue weighted by molar-refractivity contribution is 6.45. The molecule has 1 atom stereocenters. The van der Waals surface area contributed by atoms with Crippen LogP contribution in [0.1, 0.15) is 18.1 Å². The number of hydrogen-bond donors (Lipinski definition) is 3. The number of nitrogens with two attached hydrogens (primary N) is 1. The van der Waals surface area contributed by atoms with Crippen molar-refractivity contribution in [3.05, 3.63) is 35.4 Å². The van der Waals surface area contributed by atoms with Crippen LogP contribution in [0.5, 0.6) is 0 Å². The normalized spacial score (nSPS) is 14.1. The van der Waals surface area contributed by atoms with Gasteiger partial charge in [0.05, 0.1) is 12.1 Å². The molecule has 104 valence electrons. The van der Waals surface area contributed by atoms with Crippen LogP contribution in [0.15, 0.2) is 24.3 Å². The maximum Gasteiger partial charge on any atom is 0.126 e. The van der Waals surface area contributed by atoms with E-state index in [9.17, 15) is 5.11 Å². The average Bonchev–Trinajstić information content (AvgIpc) is 2.36. The van der Waals surface area contributed by atoms with Gasteiger partial charge >= 0.3 is 0 Å². The van der Waals surface area contributed by atoms with Crippen molar-refractivity contribution in [2.24, 2.45) is 5.73 Å². The number of alkyl halides is 2. The number of hydrogen-bond acceptors (Lipinski definition) is 3. The lowest BCUT2D eigenvalue weighted by Crippen LogP contribution is -2.53.